The summed E-state index contributed by atoms with van der Waals surface area (Å²) in [4.78, 5) is 11.3. The van der Waals surface area contributed by atoms with E-state index in [2.05, 4.69) is 31.4 Å². The van der Waals surface area contributed by atoms with E-state index in [-0.39, 0.29) is 6.09 Å². The number of nitrogens with one attached hydrogen (secondary N) is 2. The van der Waals surface area contributed by atoms with Crippen LogP contribution in [0.25, 0.3) is 0 Å². The van der Waals surface area contributed by atoms with E-state index in [1.807, 2.05) is 20.8 Å². The Hall–Kier alpha value is -0.770. The van der Waals surface area contributed by atoms with E-state index in [0.717, 1.165) is 19.5 Å². The fraction of sp³-hybridized carbons (Fsp3) is 0.923. The monoisotopic (exact) mass is 244 g/mol. The smallest absolute Gasteiger partial charge is 0.407 e. The third kappa shape index (κ3) is 13.2. The minimum absolute atomic E-state index is 0.304. The molecule has 4 heteroatoms. The van der Waals surface area contributed by atoms with Crippen molar-refractivity contribution in [2.75, 3.05) is 19.6 Å². The standard InChI is InChI=1S/C13H28N2O2/c1-12(2,3)10-14-8-7-9-15-11(16)17-13(4,5)6/h14H,7-10H2,1-6H3,(H,15,16). The first-order valence-electron chi connectivity index (χ1n) is 6.28. The van der Waals surface area contributed by atoms with Crippen LogP contribution in [0.5, 0.6) is 0 Å². The van der Waals surface area contributed by atoms with Crippen molar-refractivity contribution in [3.8, 4) is 0 Å². The van der Waals surface area contributed by atoms with Crippen LogP contribution in [0.1, 0.15) is 48.0 Å². The molecule has 0 aromatic carbocycles. The summed E-state index contributed by atoms with van der Waals surface area (Å²) < 4.78 is 5.13. The highest BCUT2D eigenvalue weighted by Gasteiger charge is 2.15. The van der Waals surface area contributed by atoms with Crippen LogP contribution in [0.4, 0.5) is 4.79 Å². The van der Waals surface area contributed by atoms with Gasteiger partial charge in [-0.15, -0.1) is 0 Å². The Balaban J connectivity index is 3.44. The lowest BCUT2D eigenvalue weighted by Crippen LogP contribution is -2.34. The summed E-state index contributed by atoms with van der Waals surface area (Å²) in [5.74, 6) is 0. The Bertz CT molecular complexity index is 227. The fourth-order valence-electron chi connectivity index (χ4n) is 1.18. The molecule has 0 aliphatic rings. The second kappa shape index (κ2) is 6.84. The number of ether oxygens (including phenoxy) is 1. The van der Waals surface area contributed by atoms with Crippen molar-refractivity contribution in [1.82, 2.24) is 10.6 Å². The summed E-state index contributed by atoms with van der Waals surface area (Å²) in [6.07, 6.45) is 0.573. The summed E-state index contributed by atoms with van der Waals surface area (Å²) >= 11 is 0. The molecule has 0 saturated carbocycles. The van der Waals surface area contributed by atoms with Gasteiger partial charge in [-0.1, -0.05) is 20.8 Å². The zero-order valence-electron chi connectivity index (χ0n) is 12.1. The van der Waals surface area contributed by atoms with Crippen LogP contribution in [0.2, 0.25) is 0 Å². The third-order valence-electron chi connectivity index (χ3n) is 1.85. The van der Waals surface area contributed by atoms with E-state index in [0.29, 0.717) is 12.0 Å². The minimum Gasteiger partial charge on any atom is -0.444 e. The molecular weight excluding hydrogens is 216 g/mol. The SMILES string of the molecule is CC(C)(C)CNCCCNC(=O)OC(C)(C)C. The quantitative estimate of drug-likeness (QED) is 0.731. The molecule has 0 aliphatic carbocycles. The lowest BCUT2D eigenvalue weighted by molar-refractivity contribution is 0.0527. The number of carbonyl (C=O) groups is 1. The van der Waals surface area contributed by atoms with Gasteiger partial charge in [0.25, 0.3) is 0 Å². The molecule has 0 fully saturated rings. The van der Waals surface area contributed by atoms with Crippen LogP contribution in [0.15, 0.2) is 0 Å². The van der Waals surface area contributed by atoms with Crippen LogP contribution in [-0.2, 0) is 4.74 Å². The van der Waals surface area contributed by atoms with E-state index in [1.165, 1.54) is 0 Å². The van der Waals surface area contributed by atoms with Crippen molar-refractivity contribution in [1.29, 1.82) is 0 Å². The molecule has 4 nitrogen and oxygen atoms in total. The Kier molecular flexibility index (Phi) is 6.53. The van der Waals surface area contributed by atoms with Gasteiger partial charge in [0.1, 0.15) is 5.60 Å². The molecule has 0 saturated heterocycles. The van der Waals surface area contributed by atoms with Gasteiger partial charge in [0.2, 0.25) is 0 Å². The molecule has 0 radical (unpaired) electrons. The average Bonchev–Trinajstić information content (AvgIpc) is 2.06. The molecule has 0 aromatic rings. The Morgan fingerprint density at radius 3 is 2.12 bits per heavy atom. The largest absolute Gasteiger partial charge is 0.444 e. The molecule has 0 bridgehead atoms. The van der Waals surface area contributed by atoms with E-state index in [4.69, 9.17) is 4.74 Å². The molecule has 0 heterocycles. The van der Waals surface area contributed by atoms with Crippen LogP contribution < -0.4 is 10.6 Å². The van der Waals surface area contributed by atoms with Gasteiger partial charge in [0.15, 0.2) is 0 Å². The van der Waals surface area contributed by atoms with Crippen molar-refractivity contribution in [3.05, 3.63) is 0 Å². The zero-order valence-corrected chi connectivity index (χ0v) is 12.1. The zero-order chi connectivity index (χ0) is 13.5. The van der Waals surface area contributed by atoms with Crippen molar-refractivity contribution in [2.45, 2.75) is 53.6 Å². The molecule has 0 rings (SSSR count). The van der Waals surface area contributed by atoms with E-state index in [1.54, 1.807) is 0 Å². The van der Waals surface area contributed by atoms with Gasteiger partial charge in [0, 0.05) is 6.54 Å². The maximum absolute atomic E-state index is 11.3. The summed E-state index contributed by atoms with van der Waals surface area (Å²) in [5.41, 5.74) is -0.118. The van der Waals surface area contributed by atoms with Crippen molar-refractivity contribution in [2.24, 2.45) is 5.41 Å². The Labute approximate surface area is 105 Å². The lowest BCUT2D eigenvalue weighted by Gasteiger charge is -2.20. The Morgan fingerprint density at radius 1 is 1.06 bits per heavy atom. The van der Waals surface area contributed by atoms with Gasteiger partial charge < -0.3 is 15.4 Å². The average molecular weight is 244 g/mol. The number of amides is 1. The maximum atomic E-state index is 11.3. The van der Waals surface area contributed by atoms with Crippen LogP contribution in [-0.4, -0.2) is 31.3 Å². The molecule has 2 N–H and O–H groups in total. The summed E-state index contributed by atoms with van der Waals surface area (Å²) in [5, 5.41) is 6.09. The van der Waals surface area contributed by atoms with E-state index < -0.39 is 5.60 Å². The summed E-state index contributed by atoms with van der Waals surface area (Å²) in [6, 6.07) is 0. The van der Waals surface area contributed by atoms with Crippen LogP contribution >= 0.6 is 0 Å². The van der Waals surface area contributed by atoms with Gasteiger partial charge in [-0.25, -0.2) is 4.79 Å². The normalized spacial score (nSPS) is 12.4. The number of alkyl carbamates (subject to hydrolysis) is 1. The summed E-state index contributed by atoms with van der Waals surface area (Å²) in [7, 11) is 0. The topological polar surface area (TPSA) is 50.4 Å². The van der Waals surface area contributed by atoms with Gasteiger partial charge in [-0.05, 0) is 45.7 Å². The predicted octanol–water partition coefficient (Wildman–Crippen LogP) is 2.54. The maximum Gasteiger partial charge on any atom is 0.407 e. The van der Waals surface area contributed by atoms with Crippen LogP contribution in [0, 0.1) is 5.41 Å². The third-order valence-corrected chi connectivity index (χ3v) is 1.85. The van der Waals surface area contributed by atoms with E-state index >= 15 is 0 Å². The molecule has 0 unspecified atom stereocenters. The fourth-order valence-corrected chi connectivity index (χ4v) is 1.18. The van der Waals surface area contributed by atoms with Gasteiger partial charge >= 0.3 is 6.09 Å². The van der Waals surface area contributed by atoms with Crippen LogP contribution in [0.3, 0.4) is 0 Å². The molecule has 102 valence electrons. The summed E-state index contributed by atoms with van der Waals surface area (Å²) in [6.45, 7) is 14.7. The second-order valence-corrected chi connectivity index (χ2v) is 6.52. The predicted molar refractivity (Wildman–Crippen MR) is 71.2 cm³/mol. The first-order chi connectivity index (χ1) is 7.60. The first kappa shape index (κ1) is 16.2. The highest BCUT2D eigenvalue weighted by atomic mass is 16.6. The molecular formula is C13H28N2O2. The van der Waals surface area contributed by atoms with Gasteiger partial charge in [-0.3, -0.25) is 0 Å². The molecule has 0 aliphatic heterocycles. The van der Waals surface area contributed by atoms with Crippen molar-refractivity contribution in [3.63, 3.8) is 0 Å². The molecule has 0 atom stereocenters. The number of rotatable bonds is 5. The highest BCUT2D eigenvalue weighted by Crippen LogP contribution is 2.09. The minimum atomic E-state index is -0.422. The first-order valence-corrected chi connectivity index (χ1v) is 6.28. The lowest BCUT2D eigenvalue weighted by atomic mass is 9.97. The highest BCUT2D eigenvalue weighted by molar-refractivity contribution is 5.67. The van der Waals surface area contributed by atoms with E-state index in [9.17, 15) is 4.79 Å². The van der Waals surface area contributed by atoms with Gasteiger partial charge in [-0.2, -0.15) is 0 Å². The van der Waals surface area contributed by atoms with Crippen molar-refractivity contribution >= 4 is 6.09 Å². The molecule has 0 spiro atoms. The number of hydrogen-bond donors (Lipinski definition) is 2. The van der Waals surface area contributed by atoms with Crippen molar-refractivity contribution < 1.29 is 9.53 Å². The molecule has 1 amide bonds. The molecule has 0 aromatic heterocycles. The second-order valence-electron chi connectivity index (χ2n) is 6.52. The number of hydrogen-bond acceptors (Lipinski definition) is 3. The Morgan fingerprint density at radius 2 is 1.65 bits per heavy atom. The van der Waals surface area contributed by atoms with Gasteiger partial charge in [0.05, 0.1) is 0 Å². The molecule has 17 heavy (non-hydrogen) atoms. The number of carbonyl (C=O) groups excluding carboxylic acids is 1.